The van der Waals surface area contributed by atoms with Crippen LogP contribution in [-0.4, -0.2) is 9.78 Å². The van der Waals surface area contributed by atoms with Crippen LogP contribution < -0.4 is 10.9 Å². The van der Waals surface area contributed by atoms with Crippen LogP contribution in [-0.2, 0) is 13.1 Å². The van der Waals surface area contributed by atoms with Crippen molar-refractivity contribution in [1.29, 1.82) is 0 Å². The van der Waals surface area contributed by atoms with Gasteiger partial charge in [-0.25, -0.2) is 4.68 Å². The van der Waals surface area contributed by atoms with E-state index in [1.165, 1.54) is 9.56 Å². The van der Waals surface area contributed by atoms with Crippen molar-refractivity contribution >= 4 is 48.9 Å². The van der Waals surface area contributed by atoms with Crippen molar-refractivity contribution in [2.45, 2.75) is 20.0 Å². The van der Waals surface area contributed by atoms with Gasteiger partial charge in [-0.3, -0.25) is 4.79 Å². The number of anilines is 1. The van der Waals surface area contributed by atoms with E-state index in [0.717, 1.165) is 4.47 Å². The third-order valence-corrected chi connectivity index (χ3v) is 5.11. The third-order valence-electron chi connectivity index (χ3n) is 2.41. The normalized spacial score (nSPS) is 10.6. The van der Waals surface area contributed by atoms with Crippen LogP contribution in [0.2, 0.25) is 0 Å². The summed E-state index contributed by atoms with van der Waals surface area (Å²) in [4.78, 5) is 13.0. The Morgan fingerprint density at radius 3 is 2.89 bits per heavy atom. The molecule has 2 heterocycles. The van der Waals surface area contributed by atoms with Crippen LogP contribution in [0, 0.1) is 0 Å². The molecule has 18 heavy (non-hydrogen) atoms. The standard InChI is InChI=1S/C11H11Br2N3OS/c1-2-16-11(17)10(13)8(5-15-16)14-6-9-7(12)3-4-18-9/h3-5,14H,2,6H2,1H3. The van der Waals surface area contributed by atoms with Gasteiger partial charge in [-0.05, 0) is 50.2 Å². The van der Waals surface area contributed by atoms with Gasteiger partial charge in [0.2, 0.25) is 0 Å². The maximum atomic E-state index is 11.9. The summed E-state index contributed by atoms with van der Waals surface area (Å²) >= 11 is 8.44. The molecule has 96 valence electrons. The van der Waals surface area contributed by atoms with Gasteiger partial charge in [-0.15, -0.1) is 11.3 Å². The van der Waals surface area contributed by atoms with Crippen molar-refractivity contribution in [3.63, 3.8) is 0 Å². The van der Waals surface area contributed by atoms with Gasteiger partial charge in [0.1, 0.15) is 4.47 Å². The summed E-state index contributed by atoms with van der Waals surface area (Å²) in [7, 11) is 0. The molecule has 0 aliphatic carbocycles. The third kappa shape index (κ3) is 2.84. The Hall–Kier alpha value is -0.660. The zero-order chi connectivity index (χ0) is 13.1. The number of aryl methyl sites for hydroxylation is 1. The fraction of sp³-hybridized carbons (Fsp3) is 0.273. The van der Waals surface area contributed by atoms with Crippen LogP contribution in [0.4, 0.5) is 5.69 Å². The lowest BCUT2D eigenvalue weighted by Gasteiger charge is -2.08. The number of halogens is 2. The van der Waals surface area contributed by atoms with Crippen molar-refractivity contribution < 1.29 is 0 Å². The highest BCUT2D eigenvalue weighted by molar-refractivity contribution is 9.11. The van der Waals surface area contributed by atoms with E-state index < -0.39 is 0 Å². The number of hydrogen-bond acceptors (Lipinski definition) is 4. The fourth-order valence-corrected chi connectivity index (χ4v) is 3.32. The smallest absolute Gasteiger partial charge is 0.283 e. The summed E-state index contributed by atoms with van der Waals surface area (Å²) in [6.07, 6.45) is 1.66. The minimum atomic E-state index is -0.118. The summed E-state index contributed by atoms with van der Waals surface area (Å²) in [6.45, 7) is 3.11. The van der Waals surface area contributed by atoms with E-state index in [1.807, 2.05) is 18.4 Å². The van der Waals surface area contributed by atoms with Gasteiger partial charge in [-0.2, -0.15) is 5.10 Å². The molecule has 0 aromatic carbocycles. The number of nitrogens with zero attached hydrogens (tertiary/aromatic N) is 2. The molecule has 2 aromatic heterocycles. The molecule has 2 aromatic rings. The second-order valence-corrected chi connectivity index (χ2v) is 6.19. The molecule has 4 nitrogen and oxygen atoms in total. The lowest BCUT2D eigenvalue weighted by Crippen LogP contribution is -2.23. The van der Waals surface area contributed by atoms with Gasteiger partial charge >= 0.3 is 0 Å². The van der Waals surface area contributed by atoms with Crippen LogP contribution in [0.3, 0.4) is 0 Å². The number of thiophene rings is 1. The van der Waals surface area contributed by atoms with Crippen LogP contribution in [0.1, 0.15) is 11.8 Å². The van der Waals surface area contributed by atoms with Crippen molar-refractivity contribution in [3.05, 3.63) is 41.8 Å². The number of aromatic nitrogens is 2. The summed E-state index contributed by atoms with van der Waals surface area (Å²) < 4.78 is 3.01. The molecular formula is C11H11Br2N3OS. The predicted molar refractivity (Wildman–Crippen MR) is 81.2 cm³/mol. The Morgan fingerprint density at radius 1 is 1.50 bits per heavy atom. The minimum absolute atomic E-state index is 0.118. The van der Waals surface area contributed by atoms with E-state index in [2.05, 4.69) is 42.3 Å². The van der Waals surface area contributed by atoms with Gasteiger partial charge in [-0.1, -0.05) is 0 Å². The molecule has 0 radical (unpaired) electrons. The highest BCUT2D eigenvalue weighted by Crippen LogP contribution is 2.24. The SMILES string of the molecule is CCn1ncc(NCc2sccc2Br)c(Br)c1=O. The lowest BCUT2D eigenvalue weighted by molar-refractivity contribution is 0.613. The maximum Gasteiger partial charge on any atom is 0.283 e. The zero-order valence-corrected chi connectivity index (χ0v) is 13.6. The van der Waals surface area contributed by atoms with Gasteiger partial charge in [0.25, 0.3) is 5.56 Å². The molecule has 0 saturated heterocycles. The lowest BCUT2D eigenvalue weighted by atomic mass is 10.4. The first-order valence-corrected chi connectivity index (χ1v) is 7.81. The summed E-state index contributed by atoms with van der Waals surface area (Å²) in [5.74, 6) is 0. The highest BCUT2D eigenvalue weighted by atomic mass is 79.9. The molecule has 0 unspecified atom stereocenters. The van der Waals surface area contributed by atoms with Crippen LogP contribution in [0.25, 0.3) is 0 Å². The average molecular weight is 393 g/mol. The number of hydrogen-bond donors (Lipinski definition) is 1. The molecule has 2 rings (SSSR count). The van der Waals surface area contributed by atoms with E-state index in [1.54, 1.807) is 17.5 Å². The first-order valence-electron chi connectivity index (χ1n) is 5.34. The monoisotopic (exact) mass is 391 g/mol. The topological polar surface area (TPSA) is 46.9 Å². The Balaban J connectivity index is 2.18. The number of nitrogens with one attached hydrogen (secondary N) is 1. The second-order valence-electron chi connectivity index (χ2n) is 3.54. The fourth-order valence-electron chi connectivity index (χ4n) is 1.44. The molecule has 1 N–H and O–H groups in total. The van der Waals surface area contributed by atoms with Crippen LogP contribution in [0.5, 0.6) is 0 Å². The Bertz CT molecular complexity index is 609. The summed E-state index contributed by atoms with van der Waals surface area (Å²) in [5, 5.41) is 9.31. The largest absolute Gasteiger partial charge is 0.378 e. The highest BCUT2D eigenvalue weighted by Gasteiger charge is 2.08. The van der Waals surface area contributed by atoms with Gasteiger partial charge < -0.3 is 5.32 Å². The first-order chi connectivity index (χ1) is 8.63. The maximum absolute atomic E-state index is 11.9. The molecule has 0 aliphatic rings. The van der Waals surface area contributed by atoms with Gasteiger partial charge in [0, 0.05) is 15.9 Å². The molecule has 7 heteroatoms. The minimum Gasteiger partial charge on any atom is -0.378 e. The molecule has 0 atom stereocenters. The zero-order valence-electron chi connectivity index (χ0n) is 9.61. The average Bonchev–Trinajstić information content (AvgIpc) is 2.77. The van der Waals surface area contributed by atoms with Crippen molar-refractivity contribution in [2.75, 3.05) is 5.32 Å². The Morgan fingerprint density at radius 2 is 2.28 bits per heavy atom. The predicted octanol–water partition coefficient (Wildman–Crippen LogP) is 3.46. The molecule has 0 amide bonds. The Labute approximate surface area is 125 Å². The summed E-state index contributed by atoms with van der Waals surface area (Å²) in [5.41, 5.74) is 0.595. The van der Waals surface area contributed by atoms with E-state index in [-0.39, 0.29) is 5.56 Å². The van der Waals surface area contributed by atoms with Crippen LogP contribution >= 0.6 is 43.2 Å². The first kappa shape index (κ1) is 13.8. The molecule has 0 saturated carbocycles. The molecule has 0 aliphatic heterocycles. The second kappa shape index (κ2) is 5.99. The summed E-state index contributed by atoms with van der Waals surface area (Å²) in [6, 6.07) is 2.00. The molecule has 0 bridgehead atoms. The van der Waals surface area contributed by atoms with Crippen molar-refractivity contribution in [3.8, 4) is 0 Å². The van der Waals surface area contributed by atoms with E-state index >= 15 is 0 Å². The van der Waals surface area contributed by atoms with Crippen molar-refractivity contribution in [1.82, 2.24) is 9.78 Å². The number of rotatable bonds is 4. The molecular weight excluding hydrogens is 382 g/mol. The van der Waals surface area contributed by atoms with E-state index in [9.17, 15) is 4.79 Å². The van der Waals surface area contributed by atoms with Crippen molar-refractivity contribution in [2.24, 2.45) is 0 Å². The van der Waals surface area contributed by atoms with E-state index in [4.69, 9.17) is 0 Å². The van der Waals surface area contributed by atoms with Gasteiger partial charge in [0.05, 0.1) is 18.4 Å². The molecule has 0 fully saturated rings. The van der Waals surface area contributed by atoms with E-state index in [0.29, 0.717) is 23.2 Å². The Kier molecular flexibility index (Phi) is 4.58. The van der Waals surface area contributed by atoms with Gasteiger partial charge in [0.15, 0.2) is 0 Å². The quantitative estimate of drug-likeness (QED) is 0.866. The van der Waals surface area contributed by atoms with Crippen LogP contribution in [0.15, 0.2) is 31.4 Å². The molecule has 0 spiro atoms.